The molecule has 0 spiro atoms. The van der Waals surface area contributed by atoms with Gasteiger partial charge in [0.1, 0.15) is 11.8 Å². The van der Waals surface area contributed by atoms with Crippen LogP contribution < -0.4 is 5.32 Å². The van der Waals surface area contributed by atoms with Crippen LogP contribution in [-0.2, 0) is 0 Å². The Bertz CT molecular complexity index is 555. The van der Waals surface area contributed by atoms with Crippen molar-refractivity contribution in [3.05, 3.63) is 35.0 Å². The van der Waals surface area contributed by atoms with Crippen LogP contribution in [0.3, 0.4) is 0 Å². The molecular formula is C10H8ClN5. The third kappa shape index (κ3) is 1.71. The van der Waals surface area contributed by atoms with Gasteiger partial charge in [-0.1, -0.05) is 23.7 Å². The van der Waals surface area contributed by atoms with Crippen molar-refractivity contribution in [2.24, 2.45) is 0 Å². The van der Waals surface area contributed by atoms with Crippen LogP contribution >= 0.6 is 11.6 Å². The lowest BCUT2D eigenvalue weighted by Crippen LogP contribution is -2.00. The van der Waals surface area contributed by atoms with Gasteiger partial charge in [-0.2, -0.15) is 5.26 Å². The molecule has 1 heterocycles. The number of para-hydroxylation sites is 1. The average molecular weight is 234 g/mol. The van der Waals surface area contributed by atoms with Crippen LogP contribution in [-0.4, -0.2) is 22.0 Å². The summed E-state index contributed by atoms with van der Waals surface area (Å²) in [5, 5.41) is 20.3. The summed E-state index contributed by atoms with van der Waals surface area (Å²) in [6.07, 6.45) is 0. The monoisotopic (exact) mass is 233 g/mol. The van der Waals surface area contributed by atoms with Gasteiger partial charge in [-0.05, 0) is 12.1 Å². The van der Waals surface area contributed by atoms with Crippen molar-refractivity contribution in [3.8, 4) is 11.8 Å². The minimum Gasteiger partial charge on any atom is -0.369 e. The number of aromatic nitrogens is 3. The highest BCUT2D eigenvalue weighted by atomic mass is 35.5. The zero-order valence-corrected chi connectivity index (χ0v) is 9.23. The zero-order valence-electron chi connectivity index (χ0n) is 8.48. The van der Waals surface area contributed by atoms with Gasteiger partial charge in [-0.15, -0.1) is 15.0 Å². The van der Waals surface area contributed by atoms with E-state index in [1.807, 2.05) is 18.2 Å². The molecular weight excluding hydrogens is 226 g/mol. The molecule has 0 atom stereocenters. The van der Waals surface area contributed by atoms with E-state index in [9.17, 15) is 0 Å². The van der Waals surface area contributed by atoms with Gasteiger partial charge in [0.25, 0.3) is 0 Å². The van der Waals surface area contributed by atoms with Crippen LogP contribution in [0.1, 0.15) is 5.69 Å². The highest BCUT2D eigenvalue weighted by Crippen LogP contribution is 2.19. The number of hydrogen-bond acceptors (Lipinski definition) is 4. The Morgan fingerprint density at radius 3 is 2.69 bits per heavy atom. The van der Waals surface area contributed by atoms with Crippen LogP contribution in [0.25, 0.3) is 5.69 Å². The molecule has 5 nitrogen and oxygen atoms in total. The molecule has 0 fully saturated rings. The number of rotatable bonds is 2. The fraction of sp³-hybridized carbons (Fsp3) is 0.100. The van der Waals surface area contributed by atoms with E-state index < -0.39 is 0 Å². The second-order valence-electron chi connectivity index (χ2n) is 3.00. The van der Waals surface area contributed by atoms with Gasteiger partial charge >= 0.3 is 0 Å². The zero-order chi connectivity index (χ0) is 11.5. The molecule has 0 saturated heterocycles. The molecule has 0 aliphatic heterocycles. The van der Waals surface area contributed by atoms with E-state index in [0.29, 0.717) is 16.5 Å². The number of anilines is 1. The number of nitriles is 1. The lowest BCUT2D eigenvalue weighted by molar-refractivity contribution is 0.751. The first-order chi connectivity index (χ1) is 7.76. The minimum absolute atomic E-state index is 0.238. The predicted octanol–water partition coefficient (Wildman–Crippen LogP) is 1.83. The van der Waals surface area contributed by atoms with E-state index in [-0.39, 0.29) is 5.69 Å². The first-order valence-electron chi connectivity index (χ1n) is 4.56. The molecule has 2 aromatic rings. The molecule has 1 N–H and O–H groups in total. The quantitative estimate of drug-likeness (QED) is 0.860. The Morgan fingerprint density at radius 2 is 2.12 bits per heavy atom. The Hall–Kier alpha value is -2.06. The summed E-state index contributed by atoms with van der Waals surface area (Å²) in [5.74, 6) is 0.433. The van der Waals surface area contributed by atoms with Crippen molar-refractivity contribution in [1.82, 2.24) is 15.0 Å². The molecule has 6 heteroatoms. The van der Waals surface area contributed by atoms with Crippen molar-refractivity contribution in [1.29, 1.82) is 5.26 Å². The van der Waals surface area contributed by atoms with Crippen LogP contribution in [0.2, 0.25) is 5.02 Å². The lowest BCUT2D eigenvalue weighted by atomic mass is 10.3. The maximum absolute atomic E-state index is 8.84. The van der Waals surface area contributed by atoms with Gasteiger partial charge in [0, 0.05) is 7.05 Å². The molecule has 0 radical (unpaired) electrons. The van der Waals surface area contributed by atoms with Crippen LogP contribution in [0, 0.1) is 11.3 Å². The highest BCUT2D eigenvalue weighted by Gasteiger charge is 2.11. The van der Waals surface area contributed by atoms with Gasteiger partial charge in [-0.3, -0.25) is 0 Å². The number of hydrogen-bond donors (Lipinski definition) is 1. The van der Waals surface area contributed by atoms with Crippen molar-refractivity contribution < 1.29 is 0 Å². The van der Waals surface area contributed by atoms with Crippen molar-refractivity contribution in [2.75, 3.05) is 12.4 Å². The predicted molar refractivity (Wildman–Crippen MR) is 60.6 cm³/mol. The van der Waals surface area contributed by atoms with E-state index in [0.717, 1.165) is 0 Å². The highest BCUT2D eigenvalue weighted by molar-refractivity contribution is 6.32. The largest absolute Gasteiger partial charge is 0.369 e. The third-order valence-corrected chi connectivity index (χ3v) is 2.34. The average Bonchev–Trinajstić information content (AvgIpc) is 2.72. The molecule has 2 rings (SSSR count). The summed E-state index contributed by atoms with van der Waals surface area (Å²) in [6.45, 7) is 0. The molecule has 0 bridgehead atoms. The summed E-state index contributed by atoms with van der Waals surface area (Å²) in [6, 6.07) is 9.13. The fourth-order valence-corrected chi connectivity index (χ4v) is 1.48. The van der Waals surface area contributed by atoms with Gasteiger partial charge in [-0.25, -0.2) is 0 Å². The number of nitrogens with zero attached hydrogens (tertiary/aromatic N) is 4. The molecule has 0 aliphatic rings. The maximum atomic E-state index is 8.84. The van der Waals surface area contributed by atoms with Crippen LogP contribution in [0.5, 0.6) is 0 Å². The second-order valence-corrected chi connectivity index (χ2v) is 3.41. The van der Waals surface area contributed by atoms with E-state index in [1.165, 1.54) is 4.80 Å². The maximum Gasteiger partial charge on any atom is 0.207 e. The summed E-state index contributed by atoms with van der Waals surface area (Å²) >= 11 is 6.00. The van der Waals surface area contributed by atoms with E-state index >= 15 is 0 Å². The summed E-state index contributed by atoms with van der Waals surface area (Å²) in [5.41, 5.74) is 0.879. The smallest absolute Gasteiger partial charge is 0.207 e. The van der Waals surface area contributed by atoms with Gasteiger partial charge in [0.15, 0.2) is 5.82 Å². The molecule has 1 aromatic carbocycles. The van der Waals surface area contributed by atoms with Gasteiger partial charge in [0.2, 0.25) is 5.69 Å². The standard InChI is InChI=1S/C10H8ClN5/c1-13-10-8(6-12)14-16(15-10)9-5-3-2-4-7(9)11/h2-5H,1H3,(H,13,15). The molecule has 0 unspecified atom stereocenters. The Labute approximate surface area is 97.3 Å². The lowest BCUT2D eigenvalue weighted by Gasteiger charge is -2.00. The Kier molecular flexibility index (Phi) is 2.75. The SMILES string of the molecule is CNc1nn(-c2ccccc2Cl)nc1C#N. The topological polar surface area (TPSA) is 66.5 Å². The van der Waals surface area contributed by atoms with Crippen LogP contribution in [0.4, 0.5) is 5.82 Å². The van der Waals surface area contributed by atoms with Crippen molar-refractivity contribution in [2.45, 2.75) is 0 Å². The van der Waals surface area contributed by atoms with Crippen LogP contribution in [0.15, 0.2) is 24.3 Å². The number of nitrogens with one attached hydrogen (secondary N) is 1. The van der Waals surface area contributed by atoms with E-state index in [4.69, 9.17) is 16.9 Å². The third-order valence-electron chi connectivity index (χ3n) is 2.02. The molecule has 1 aromatic heterocycles. The Morgan fingerprint density at radius 1 is 1.38 bits per heavy atom. The number of benzene rings is 1. The molecule has 0 aliphatic carbocycles. The van der Waals surface area contributed by atoms with Crippen molar-refractivity contribution in [3.63, 3.8) is 0 Å². The molecule has 0 amide bonds. The number of halogens is 1. The molecule has 0 saturated carbocycles. The van der Waals surface area contributed by atoms with E-state index in [1.54, 1.807) is 19.2 Å². The summed E-state index contributed by atoms with van der Waals surface area (Å²) in [7, 11) is 1.68. The van der Waals surface area contributed by atoms with Gasteiger partial charge in [0.05, 0.1) is 5.02 Å². The van der Waals surface area contributed by atoms with Crippen molar-refractivity contribution >= 4 is 17.4 Å². The van der Waals surface area contributed by atoms with Gasteiger partial charge < -0.3 is 5.32 Å². The van der Waals surface area contributed by atoms with E-state index in [2.05, 4.69) is 15.5 Å². The second kappa shape index (κ2) is 4.21. The summed E-state index contributed by atoms with van der Waals surface area (Å²) < 4.78 is 0. The fourth-order valence-electron chi connectivity index (χ4n) is 1.27. The first kappa shape index (κ1) is 10.5. The normalized spacial score (nSPS) is 9.81. The first-order valence-corrected chi connectivity index (χ1v) is 4.94. The molecule has 80 valence electrons. The molecule has 16 heavy (non-hydrogen) atoms. The summed E-state index contributed by atoms with van der Waals surface area (Å²) in [4.78, 5) is 1.34. The minimum atomic E-state index is 0.238. The Balaban J connectivity index is 2.54.